The number of benzene rings is 1. The first-order valence-corrected chi connectivity index (χ1v) is 12.8. The monoisotopic (exact) mass is 493 g/mol. The fourth-order valence-electron chi connectivity index (χ4n) is 5.70. The van der Waals surface area contributed by atoms with Crippen LogP contribution >= 0.6 is 0 Å². The number of aromatic nitrogens is 1. The molecule has 3 aromatic rings. The highest BCUT2D eigenvalue weighted by Crippen LogP contribution is 2.34. The van der Waals surface area contributed by atoms with Crippen molar-refractivity contribution in [3.8, 4) is 11.5 Å². The van der Waals surface area contributed by atoms with E-state index in [9.17, 15) is 9.59 Å². The molecule has 0 saturated heterocycles. The molecular weight excluding hydrogens is 458 g/mol. The summed E-state index contributed by atoms with van der Waals surface area (Å²) in [5.41, 5.74) is 1.90. The first-order chi connectivity index (χ1) is 17.4. The van der Waals surface area contributed by atoms with Crippen LogP contribution in [0.15, 0.2) is 41.0 Å². The fourth-order valence-corrected chi connectivity index (χ4v) is 5.70. The molecule has 0 unspecified atom stereocenters. The van der Waals surface area contributed by atoms with E-state index in [-0.39, 0.29) is 17.9 Å². The number of carbonyl (C=O) groups excluding carboxylic acids is 2. The van der Waals surface area contributed by atoms with Gasteiger partial charge < -0.3 is 28.7 Å². The van der Waals surface area contributed by atoms with Gasteiger partial charge in [0.05, 0.1) is 32.5 Å². The molecule has 5 rings (SSSR count). The first kappa shape index (κ1) is 24.3. The molecule has 2 aliphatic rings. The van der Waals surface area contributed by atoms with Gasteiger partial charge in [0.2, 0.25) is 5.91 Å². The van der Waals surface area contributed by atoms with Crippen molar-refractivity contribution >= 4 is 22.9 Å². The third-order valence-corrected chi connectivity index (χ3v) is 7.82. The lowest BCUT2D eigenvalue weighted by Crippen LogP contribution is -2.65. The van der Waals surface area contributed by atoms with E-state index in [2.05, 4.69) is 5.32 Å². The molecule has 1 saturated carbocycles. The summed E-state index contributed by atoms with van der Waals surface area (Å²) in [6.45, 7) is 2.61. The minimum Gasteiger partial charge on any atom is -0.497 e. The Morgan fingerprint density at radius 1 is 1.11 bits per heavy atom. The summed E-state index contributed by atoms with van der Waals surface area (Å²) in [6, 6.07) is 9.41. The van der Waals surface area contributed by atoms with Gasteiger partial charge in [-0.2, -0.15) is 0 Å². The molecule has 2 amide bonds. The van der Waals surface area contributed by atoms with Crippen molar-refractivity contribution in [2.75, 3.05) is 20.8 Å². The van der Waals surface area contributed by atoms with Crippen molar-refractivity contribution in [3.05, 3.63) is 47.9 Å². The molecule has 1 aliphatic heterocycles. The van der Waals surface area contributed by atoms with Gasteiger partial charge in [0.25, 0.3) is 5.91 Å². The predicted molar refractivity (Wildman–Crippen MR) is 137 cm³/mol. The lowest BCUT2D eigenvalue weighted by atomic mass is 9.93. The molecule has 1 fully saturated rings. The molecule has 1 atom stereocenters. The van der Waals surface area contributed by atoms with Gasteiger partial charge >= 0.3 is 0 Å². The van der Waals surface area contributed by atoms with Gasteiger partial charge in [0, 0.05) is 24.7 Å². The van der Waals surface area contributed by atoms with Gasteiger partial charge in [-0.25, -0.2) is 0 Å². The zero-order valence-electron chi connectivity index (χ0n) is 21.3. The van der Waals surface area contributed by atoms with E-state index < -0.39 is 5.54 Å². The minimum atomic E-state index is -1.05. The Kier molecular flexibility index (Phi) is 6.69. The van der Waals surface area contributed by atoms with Crippen LogP contribution in [0.1, 0.15) is 61.5 Å². The van der Waals surface area contributed by atoms with Crippen molar-refractivity contribution in [3.63, 3.8) is 0 Å². The quantitative estimate of drug-likeness (QED) is 0.488. The van der Waals surface area contributed by atoms with Gasteiger partial charge in [0.1, 0.15) is 22.7 Å². The molecule has 0 bridgehead atoms. The number of methoxy groups -OCH3 is 2. The second-order valence-electron chi connectivity index (χ2n) is 10.1. The maximum atomic E-state index is 13.9. The molecule has 36 heavy (non-hydrogen) atoms. The normalized spacial score (nSPS) is 20.8. The Morgan fingerprint density at radius 2 is 1.89 bits per heavy atom. The van der Waals surface area contributed by atoms with E-state index in [1.54, 1.807) is 31.4 Å². The molecule has 192 valence electrons. The fraction of sp³-hybridized carbons (Fsp3) is 0.500. The Morgan fingerprint density at radius 3 is 2.61 bits per heavy atom. The SMILES string of the molecule is COc1ccc(OC)c(CCN2C(=O)c3cc4occc4n3C[C@@]2(C)C(=O)NC2CCCCCC2)c1. The van der Waals surface area contributed by atoms with Crippen LogP contribution in [0.25, 0.3) is 11.1 Å². The van der Waals surface area contributed by atoms with Crippen molar-refractivity contribution in [2.24, 2.45) is 0 Å². The zero-order valence-corrected chi connectivity index (χ0v) is 21.3. The van der Waals surface area contributed by atoms with Crippen molar-refractivity contribution < 1.29 is 23.5 Å². The van der Waals surface area contributed by atoms with E-state index in [4.69, 9.17) is 13.9 Å². The Bertz CT molecular complexity index is 1250. The number of ether oxygens (including phenoxy) is 2. The summed E-state index contributed by atoms with van der Waals surface area (Å²) < 4.78 is 18.5. The van der Waals surface area contributed by atoms with Gasteiger partial charge in [-0.1, -0.05) is 25.7 Å². The minimum absolute atomic E-state index is 0.101. The Balaban J connectivity index is 1.47. The van der Waals surface area contributed by atoms with Crippen LogP contribution in [0.3, 0.4) is 0 Å². The summed E-state index contributed by atoms with van der Waals surface area (Å²) in [5, 5.41) is 3.31. The molecule has 1 N–H and O–H groups in total. The van der Waals surface area contributed by atoms with Crippen molar-refractivity contribution in [1.29, 1.82) is 0 Å². The largest absolute Gasteiger partial charge is 0.497 e. The van der Waals surface area contributed by atoms with E-state index in [1.807, 2.05) is 35.8 Å². The smallest absolute Gasteiger partial charge is 0.271 e. The zero-order chi connectivity index (χ0) is 25.3. The van der Waals surface area contributed by atoms with E-state index in [1.165, 1.54) is 12.8 Å². The Hall–Kier alpha value is -3.42. The maximum absolute atomic E-state index is 13.9. The molecule has 3 heterocycles. The number of nitrogens with one attached hydrogen (secondary N) is 1. The summed E-state index contributed by atoms with van der Waals surface area (Å²) in [6.07, 6.45) is 8.77. The number of furan rings is 1. The lowest BCUT2D eigenvalue weighted by Gasteiger charge is -2.44. The van der Waals surface area contributed by atoms with Crippen LogP contribution in [-0.2, 0) is 17.8 Å². The molecular formula is C28H35N3O5. The molecule has 2 aromatic heterocycles. The van der Waals surface area contributed by atoms with Crippen LogP contribution in [0, 0.1) is 0 Å². The summed E-state index contributed by atoms with van der Waals surface area (Å²) in [4.78, 5) is 29.5. The molecule has 8 heteroatoms. The topological polar surface area (TPSA) is 85.9 Å². The summed E-state index contributed by atoms with van der Waals surface area (Å²) in [5.74, 6) is 1.18. The summed E-state index contributed by atoms with van der Waals surface area (Å²) in [7, 11) is 3.25. The number of nitrogens with zero attached hydrogens (tertiary/aromatic N) is 2. The third kappa shape index (κ3) is 4.33. The average Bonchev–Trinajstić information content (AvgIpc) is 3.38. The number of hydrogen-bond acceptors (Lipinski definition) is 5. The number of fused-ring (bicyclic) bond motifs is 3. The van der Waals surface area contributed by atoms with Crippen molar-refractivity contribution in [2.45, 2.75) is 70.0 Å². The number of carbonyl (C=O) groups is 2. The van der Waals surface area contributed by atoms with E-state index in [0.717, 1.165) is 48.3 Å². The van der Waals surface area contributed by atoms with Crippen molar-refractivity contribution in [1.82, 2.24) is 14.8 Å². The molecule has 0 radical (unpaired) electrons. The second-order valence-corrected chi connectivity index (χ2v) is 10.1. The van der Waals surface area contributed by atoms with E-state index >= 15 is 0 Å². The molecule has 8 nitrogen and oxygen atoms in total. The average molecular weight is 494 g/mol. The van der Waals surface area contributed by atoms with Crippen LogP contribution in [0.4, 0.5) is 0 Å². The first-order valence-electron chi connectivity index (χ1n) is 12.8. The van der Waals surface area contributed by atoms with Gasteiger partial charge in [-0.3, -0.25) is 9.59 Å². The van der Waals surface area contributed by atoms with Gasteiger partial charge in [-0.05, 0) is 49.9 Å². The number of hydrogen-bond donors (Lipinski definition) is 1. The second kappa shape index (κ2) is 9.91. The van der Waals surface area contributed by atoms with Crippen LogP contribution in [-0.4, -0.2) is 53.6 Å². The van der Waals surface area contributed by atoms with Crippen LogP contribution in [0.5, 0.6) is 11.5 Å². The van der Waals surface area contributed by atoms with Crippen LogP contribution < -0.4 is 14.8 Å². The number of amides is 2. The number of rotatable bonds is 7. The molecule has 1 aromatic carbocycles. The molecule has 0 spiro atoms. The maximum Gasteiger partial charge on any atom is 0.271 e. The highest BCUT2D eigenvalue weighted by molar-refractivity contribution is 6.03. The highest BCUT2D eigenvalue weighted by Gasteiger charge is 2.48. The summed E-state index contributed by atoms with van der Waals surface area (Å²) >= 11 is 0. The molecule has 1 aliphatic carbocycles. The predicted octanol–water partition coefficient (Wildman–Crippen LogP) is 4.55. The van der Waals surface area contributed by atoms with Crippen LogP contribution in [0.2, 0.25) is 0 Å². The van der Waals surface area contributed by atoms with E-state index in [0.29, 0.717) is 30.8 Å². The highest BCUT2D eigenvalue weighted by atomic mass is 16.5. The van der Waals surface area contributed by atoms with Gasteiger partial charge in [-0.15, -0.1) is 0 Å². The van der Waals surface area contributed by atoms with Gasteiger partial charge in [0.15, 0.2) is 5.58 Å². The third-order valence-electron chi connectivity index (χ3n) is 7.82. The lowest BCUT2D eigenvalue weighted by molar-refractivity contribution is -0.133. The standard InChI is InChI=1S/C28H35N3O5/c1-28(27(33)29-20-8-6-4-5-7-9-20)18-30-22-13-15-36-25(22)17-23(30)26(32)31(28)14-12-19-16-21(34-2)10-11-24(19)35-3/h10-11,13,15-17,20H,4-9,12,14,18H2,1-3H3,(H,29,33)/t28-/m0/s1. The Labute approximate surface area is 211 Å².